The van der Waals surface area contributed by atoms with Crippen LogP contribution in [0.25, 0.3) is 0 Å². The molecule has 120 valence electrons. The van der Waals surface area contributed by atoms with Crippen molar-refractivity contribution < 1.29 is 19.4 Å². The van der Waals surface area contributed by atoms with Crippen LogP contribution in [0, 0.1) is 0 Å². The molecule has 0 aliphatic rings. The summed E-state index contributed by atoms with van der Waals surface area (Å²) in [6.45, 7) is 2.61. The molecule has 0 saturated heterocycles. The quantitative estimate of drug-likeness (QED) is 0.882. The Morgan fingerprint density at radius 3 is 2.48 bits per heavy atom. The van der Waals surface area contributed by atoms with Gasteiger partial charge in [0.1, 0.15) is 5.75 Å². The highest BCUT2D eigenvalue weighted by atomic mass is 35.5. The summed E-state index contributed by atoms with van der Waals surface area (Å²) in [4.78, 5) is 23.3. The minimum absolute atomic E-state index is 0.130. The third kappa shape index (κ3) is 4.47. The van der Waals surface area contributed by atoms with Gasteiger partial charge in [0.15, 0.2) is 0 Å². The van der Waals surface area contributed by atoms with Crippen molar-refractivity contribution in [2.24, 2.45) is 0 Å². The maximum atomic E-state index is 12.2. The Bertz CT molecular complexity index is 713. The summed E-state index contributed by atoms with van der Waals surface area (Å²) < 4.78 is 5.44. The molecule has 0 heterocycles. The lowest BCUT2D eigenvalue weighted by Crippen LogP contribution is -2.24. The zero-order chi connectivity index (χ0) is 16.8. The fraction of sp³-hybridized carbons (Fsp3) is 0.176. The lowest BCUT2D eigenvalue weighted by atomic mass is 10.1. The molecule has 0 saturated carbocycles. The highest BCUT2D eigenvalue weighted by molar-refractivity contribution is 6.31. The normalized spacial score (nSPS) is 10.2. The van der Waals surface area contributed by atoms with Gasteiger partial charge in [-0.2, -0.15) is 0 Å². The smallest absolute Gasteiger partial charge is 0.255 e. The number of benzene rings is 2. The van der Waals surface area contributed by atoms with Gasteiger partial charge in [-0.3, -0.25) is 4.79 Å². The van der Waals surface area contributed by atoms with Crippen LogP contribution in [0.4, 0.5) is 5.69 Å². The second kappa shape index (κ2) is 7.65. The molecule has 0 aliphatic carbocycles. The Morgan fingerprint density at radius 2 is 1.87 bits per heavy atom. The molecule has 0 aliphatic heterocycles. The van der Waals surface area contributed by atoms with E-state index in [1.807, 2.05) is 6.92 Å². The van der Waals surface area contributed by atoms with Crippen LogP contribution < -0.4 is 15.2 Å². The van der Waals surface area contributed by atoms with E-state index >= 15 is 0 Å². The largest absolute Gasteiger partial charge is 0.545 e. The van der Waals surface area contributed by atoms with E-state index in [-0.39, 0.29) is 16.3 Å². The first-order valence-corrected chi connectivity index (χ1v) is 7.44. The molecule has 0 bridgehead atoms. The summed E-state index contributed by atoms with van der Waals surface area (Å²) in [5.41, 5.74) is 0.340. The van der Waals surface area contributed by atoms with E-state index in [1.165, 1.54) is 18.2 Å². The van der Waals surface area contributed by atoms with Crippen LogP contribution in [0.3, 0.4) is 0 Å². The number of carboxylic acid groups (broad SMARTS) is 1. The maximum Gasteiger partial charge on any atom is 0.255 e. The number of amides is 1. The third-order valence-corrected chi connectivity index (χ3v) is 3.27. The molecule has 0 fully saturated rings. The van der Waals surface area contributed by atoms with Gasteiger partial charge < -0.3 is 20.0 Å². The van der Waals surface area contributed by atoms with Crippen LogP contribution in [0.2, 0.25) is 5.02 Å². The summed E-state index contributed by atoms with van der Waals surface area (Å²) in [6.07, 6.45) is 0.894. The van der Waals surface area contributed by atoms with Gasteiger partial charge in [0.25, 0.3) is 5.91 Å². The van der Waals surface area contributed by atoms with Crippen LogP contribution >= 0.6 is 11.6 Å². The van der Waals surface area contributed by atoms with E-state index in [0.29, 0.717) is 17.9 Å². The van der Waals surface area contributed by atoms with Crippen molar-refractivity contribution in [3.63, 3.8) is 0 Å². The van der Waals surface area contributed by atoms with Crippen molar-refractivity contribution in [1.82, 2.24) is 0 Å². The summed E-state index contributed by atoms with van der Waals surface area (Å²) in [5.74, 6) is -1.17. The van der Waals surface area contributed by atoms with Gasteiger partial charge in [0.05, 0.1) is 18.3 Å². The van der Waals surface area contributed by atoms with Crippen molar-refractivity contribution in [3.8, 4) is 5.75 Å². The number of aromatic carboxylic acids is 1. The van der Waals surface area contributed by atoms with Gasteiger partial charge >= 0.3 is 0 Å². The van der Waals surface area contributed by atoms with Gasteiger partial charge in [-0.05, 0) is 48.9 Å². The van der Waals surface area contributed by atoms with Crippen molar-refractivity contribution >= 4 is 29.2 Å². The first-order chi connectivity index (χ1) is 11.0. The monoisotopic (exact) mass is 332 g/mol. The summed E-state index contributed by atoms with van der Waals surface area (Å²) >= 11 is 5.76. The molecule has 23 heavy (non-hydrogen) atoms. The lowest BCUT2D eigenvalue weighted by Gasteiger charge is -2.12. The summed E-state index contributed by atoms with van der Waals surface area (Å²) in [6, 6.07) is 10.7. The summed E-state index contributed by atoms with van der Waals surface area (Å²) in [5, 5.41) is 13.9. The summed E-state index contributed by atoms with van der Waals surface area (Å²) in [7, 11) is 0. The number of rotatable bonds is 6. The zero-order valence-electron chi connectivity index (χ0n) is 12.5. The van der Waals surface area contributed by atoms with Gasteiger partial charge in [0.2, 0.25) is 0 Å². The van der Waals surface area contributed by atoms with Gasteiger partial charge in [-0.15, -0.1) is 0 Å². The molecule has 2 rings (SSSR count). The van der Waals surface area contributed by atoms with Gasteiger partial charge in [0, 0.05) is 16.1 Å². The van der Waals surface area contributed by atoms with E-state index in [9.17, 15) is 14.7 Å². The molecule has 1 N–H and O–H groups in total. The molecular weight excluding hydrogens is 318 g/mol. The van der Waals surface area contributed by atoms with E-state index in [1.54, 1.807) is 24.3 Å². The minimum Gasteiger partial charge on any atom is -0.545 e. The molecule has 1 amide bonds. The second-order valence-corrected chi connectivity index (χ2v) is 5.24. The van der Waals surface area contributed by atoms with E-state index in [2.05, 4.69) is 5.32 Å². The third-order valence-electron chi connectivity index (χ3n) is 3.04. The van der Waals surface area contributed by atoms with Crippen LogP contribution in [0.1, 0.15) is 34.1 Å². The minimum atomic E-state index is -1.41. The Balaban J connectivity index is 2.14. The first kappa shape index (κ1) is 16.8. The van der Waals surface area contributed by atoms with E-state index in [0.717, 1.165) is 6.42 Å². The Kier molecular flexibility index (Phi) is 5.60. The number of anilines is 1. The van der Waals surface area contributed by atoms with Crippen LogP contribution in [0.15, 0.2) is 42.5 Å². The number of hydrogen-bond acceptors (Lipinski definition) is 4. The maximum absolute atomic E-state index is 12.2. The molecule has 6 heteroatoms. The molecule has 0 unspecified atom stereocenters. The molecule has 0 spiro atoms. The average molecular weight is 333 g/mol. The van der Waals surface area contributed by atoms with Crippen molar-refractivity contribution in [3.05, 3.63) is 58.6 Å². The second-order valence-electron chi connectivity index (χ2n) is 4.80. The van der Waals surface area contributed by atoms with Gasteiger partial charge in [-0.1, -0.05) is 18.5 Å². The molecule has 5 nitrogen and oxygen atoms in total. The molecule has 0 atom stereocenters. The number of ether oxygens (including phenoxy) is 1. The number of nitrogens with one attached hydrogen (secondary N) is 1. The number of carboxylic acids is 1. The standard InChI is InChI=1S/C17H16ClNO4/c1-2-9-23-13-6-3-11(4-7-13)16(20)19-15-8-5-12(18)10-14(15)17(21)22/h3-8,10H,2,9H2,1H3,(H,19,20)(H,21,22)/p-1. The molecule has 2 aromatic carbocycles. The van der Waals surface area contributed by atoms with Crippen molar-refractivity contribution in [1.29, 1.82) is 0 Å². The van der Waals surface area contributed by atoms with Crippen LogP contribution in [-0.2, 0) is 0 Å². The predicted molar refractivity (Wildman–Crippen MR) is 86.0 cm³/mol. The van der Waals surface area contributed by atoms with E-state index < -0.39 is 11.9 Å². The number of halogens is 1. The Morgan fingerprint density at radius 1 is 1.17 bits per heavy atom. The van der Waals surface area contributed by atoms with E-state index in [4.69, 9.17) is 16.3 Å². The number of hydrogen-bond donors (Lipinski definition) is 1. The average Bonchev–Trinajstić information content (AvgIpc) is 2.54. The number of carbonyl (C=O) groups is 2. The fourth-order valence-corrected chi connectivity index (χ4v) is 2.08. The molecule has 2 aromatic rings. The SMILES string of the molecule is CCCOc1ccc(C(=O)Nc2ccc(Cl)cc2C(=O)[O-])cc1. The highest BCUT2D eigenvalue weighted by Crippen LogP contribution is 2.21. The van der Waals surface area contributed by atoms with Crippen molar-refractivity contribution in [2.75, 3.05) is 11.9 Å². The first-order valence-electron chi connectivity index (χ1n) is 7.06. The Labute approximate surface area is 138 Å². The van der Waals surface area contributed by atoms with Crippen LogP contribution in [0.5, 0.6) is 5.75 Å². The molecule has 0 radical (unpaired) electrons. The molecule has 0 aromatic heterocycles. The lowest BCUT2D eigenvalue weighted by molar-refractivity contribution is -0.254. The predicted octanol–water partition coefficient (Wildman–Crippen LogP) is 2.74. The Hall–Kier alpha value is -2.53. The highest BCUT2D eigenvalue weighted by Gasteiger charge is 2.10. The van der Waals surface area contributed by atoms with Crippen molar-refractivity contribution in [2.45, 2.75) is 13.3 Å². The topological polar surface area (TPSA) is 78.5 Å². The van der Waals surface area contributed by atoms with Crippen LogP contribution in [-0.4, -0.2) is 18.5 Å². The van der Waals surface area contributed by atoms with Gasteiger partial charge in [-0.25, -0.2) is 0 Å². The fourth-order valence-electron chi connectivity index (χ4n) is 1.91. The molecular formula is C17H15ClNO4-. The zero-order valence-corrected chi connectivity index (χ0v) is 13.2. The number of carbonyl (C=O) groups excluding carboxylic acids is 2.